The number of rotatable bonds is 13. The van der Waals surface area contributed by atoms with Gasteiger partial charge in [-0.2, -0.15) is 0 Å². The Balaban J connectivity index is 2.04. The number of nitrogen functional groups attached to an aromatic ring is 1. The van der Waals surface area contributed by atoms with E-state index in [1.54, 1.807) is 48.3 Å². The van der Waals surface area contributed by atoms with E-state index < -0.39 is 35.9 Å². The lowest BCUT2D eigenvalue weighted by Crippen LogP contribution is -2.52. The van der Waals surface area contributed by atoms with Crippen molar-refractivity contribution in [1.29, 1.82) is 5.41 Å². The summed E-state index contributed by atoms with van der Waals surface area (Å²) < 4.78 is 5.37. The Morgan fingerprint density at radius 3 is 2.28 bits per heavy atom. The molecular formula is C24H30N4O7S. The summed E-state index contributed by atoms with van der Waals surface area (Å²) in [7, 11) is 1.71. The number of benzene rings is 1. The third-order valence-electron chi connectivity index (χ3n) is 5.28. The van der Waals surface area contributed by atoms with Crippen molar-refractivity contribution < 1.29 is 34.1 Å². The fraction of sp³-hybridized carbons (Fsp3) is 0.375. The number of hydrogen-bond donors (Lipinski definition) is 5. The van der Waals surface area contributed by atoms with Crippen molar-refractivity contribution in [3.05, 3.63) is 51.7 Å². The Kier molecular flexibility index (Phi) is 10.1. The van der Waals surface area contributed by atoms with Gasteiger partial charge in [0.1, 0.15) is 22.5 Å². The predicted molar refractivity (Wildman–Crippen MR) is 133 cm³/mol. The Bertz CT molecular complexity index is 1110. The molecule has 11 nitrogen and oxygen atoms in total. The zero-order chi connectivity index (χ0) is 27.0. The third kappa shape index (κ3) is 8.17. The first kappa shape index (κ1) is 28.5. The number of thiophene rings is 1. The van der Waals surface area contributed by atoms with Gasteiger partial charge in [0.05, 0.1) is 6.04 Å². The summed E-state index contributed by atoms with van der Waals surface area (Å²) in [6.07, 6.45) is -0.604. The molecule has 6 N–H and O–H groups in total. The zero-order valence-electron chi connectivity index (χ0n) is 20.2. The summed E-state index contributed by atoms with van der Waals surface area (Å²) in [4.78, 5) is 50.6. The van der Waals surface area contributed by atoms with Crippen LogP contribution in [-0.4, -0.2) is 63.9 Å². The standard InChI is InChI=1S/C24H30N4O7S/c1-13(2)20(22(31)27-17(23(32)33)9-11-19(29)30)28(3)12-16-8-10-18(36-16)24(34)35-15-6-4-14(5-7-15)21(25)26/h4-8,10,13,17,20H,9,11-12H2,1-3H3,(H3,25,26)(H,27,31)(H,29,30)(H,32,33)/t17-,20+/m1/s1. The summed E-state index contributed by atoms with van der Waals surface area (Å²) in [6.45, 7) is 3.96. The van der Waals surface area contributed by atoms with Crippen molar-refractivity contribution in [2.24, 2.45) is 11.7 Å². The Hall–Kier alpha value is -3.77. The number of amides is 1. The Morgan fingerprint density at radius 1 is 1.11 bits per heavy atom. The molecule has 0 aliphatic rings. The third-order valence-corrected chi connectivity index (χ3v) is 6.33. The molecule has 2 atom stereocenters. The number of carbonyl (C=O) groups is 4. The van der Waals surface area contributed by atoms with E-state index in [1.807, 2.05) is 13.8 Å². The topological polar surface area (TPSA) is 183 Å². The number of carboxylic acid groups (broad SMARTS) is 2. The monoisotopic (exact) mass is 518 g/mol. The summed E-state index contributed by atoms with van der Waals surface area (Å²) in [5.74, 6) is -3.47. The fourth-order valence-corrected chi connectivity index (χ4v) is 4.52. The number of nitrogens with one attached hydrogen (secondary N) is 2. The van der Waals surface area contributed by atoms with Gasteiger partial charge >= 0.3 is 17.9 Å². The van der Waals surface area contributed by atoms with Gasteiger partial charge in [0.2, 0.25) is 5.91 Å². The van der Waals surface area contributed by atoms with Crippen LogP contribution in [0.15, 0.2) is 36.4 Å². The van der Waals surface area contributed by atoms with E-state index >= 15 is 0 Å². The van der Waals surface area contributed by atoms with Crippen LogP contribution in [0.4, 0.5) is 0 Å². The molecular weight excluding hydrogens is 488 g/mol. The second-order valence-electron chi connectivity index (χ2n) is 8.53. The minimum atomic E-state index is -1.31. The second kappa shape index (κ2) is 12.8. The first-order chi connectivity index (χ1) is 16.9. The van der Waals surface area contributed by atoms with E-state index in [0.717, 1.165) is 4.88 Å². The van der Waals surface area contributed by atoms with Crippen molar-refractivity contribution >= 4 is 41.0 Å². The lowest BCUT2D eigenvalue weighted by atomic mass is 10.0. The number of likely N-dealkylation sites (N-methyl/N-ethyl adjacent to an activating group) is 1. The molecule has 0 spiro atoms. The molecule has 1 heterocycles. The van der Waals surface area contributed by atoms with Gasteiger partial charge in [-0.1, -0.05) is 13.8 Å². The number of aliphatic carboxylic acids is 2. The summed E-state index contributed by atoms with van der Waals surface area (Å²) in [5, 5.41) is 28.0. The van der Waals surface area contributed by atoms with Gasteiger partial charge in [-0.25, -0.2) is 9.59 Å². The second-order valence-corrected chi connectivity index (χ2v) is 9.70. The average molecular weight is 519 g/mol. The van der Waals surface area contributed by atoms with Gasteiger partial charge in [0, 0.05) is 23.4 Å². The van der Waals surface area contributed by atoms with Crippen LogP contribution in [-0.2, 0) is 20.9 Å². The summed E-state index contributed by atoms with van der Waals surface area (Å²) >= 11 is 1.21. The first-order valence-electron chi connectivity index (χ1n) is 11.1. The van der Waals surface area contributed by atoms with Crippen molar-refractivity contribution in [3.63, 3.8) is 0 Å². The summed E-state index contributed by atoms with van der Waals surface area (Å²) in [5.41, 5.74) is 5.93. The molecule has 1 aromatic carbocycles. The smallest absolute Gasteiger partial charge is 0.353 e. The van der Waals surface area contributed by atoms with E-state index in [1.165, 1.54) is 11.3 Å². The fourth-order valence-electron chi connectivity index (χ4n) is 3.57. The minimum absolute atomic E-state index is 0.0907. The number of amidine groups is 1. The number of carbonyl (C=O) groups excluding carboxylic acids is 2. The van der Waals surface area contributed by atoms with E-state index in [2.05, 4.69) is 5.32 Å². The number of ether oxygens (including phenoxy) is 1. The molecule has 36 heavy (non-hydrogen) atoms. The quantitative estimate of drug-likeness (QED) is 0.115. The van der Waals surface area contributed by atoms with E-state index in [9.17, 15) is 24.3 Å². The molecule has 2 rings (SSSR count). The maximum absolute atomic E-state index is 12.9. The van der Waals surface area contributed by atoms with Crippen molar-refractivity contribution in [2.75, 3.05) is 7.05 Å². The maximum atomic E-state index is 12.9. The SMILES string of the molecule is CC(C)[C@@H](C(=O)N[C@H](CCC(=O)O)C(=O)O)N(C)Cc1ccc(C(=O)Oc2ccc(C(=N)N)cc2)s1. The van der Waals surface area contributed by atoms with Gasteiger partial charge in [-0.3, -0.25) is 19.9 Å². The van der Waals surface area contributed by atoms with Crippen LogP contribution in [0.3, 0.4) is 0 Å². The minimum Gasteiger partial charge on any atom is -0.481 e. The Morgan fingerprint density at radius 2 is 1.75 bits per heavy atom. The van der Waals surface area contributed by atoms with E-state index in [-0.39, 0.29) is 24.6 Å². The number of carboxylic acids is 2. The highest BCUT2D eigenvalue weighted by Crippen LogP contribution is 2.23. The van der Waals surface area contributed by atoms with Gasteiger partial charge in [-0.15, -0.1) is 11.3 Å². The molecule has 0 fully saturated rings. The highest BCUT2D eigenvalue weighted by Gasteiger charge is 2.31. The van der Waals surface area contributed by atoms with Crippen molar-refractivity contribution in [1.82, 2.24) is 10.2 Å². The number of nitrogens with zero attached hydrogens (tertiary/aromatic N) is 1. The molecule has 12 heteroatoms. The molecule has 1 aromatic heterocycles. The number of esters is 1. The van der Waals surface area contributed by atoms with Gasteiger partial charge in [0.25, 0.3) is 0 Å². The summed E-state index contributed by atoms with van der Waals surface area (Å²) in [6, 6.07) is 7.62. The molecule has 0 aliphatic heterocycles. The molecule has 0 unspecified atom stereocenters. The lowest BCUT2D eigenvalue weighted by Gasteiger charge is -2.30. The van der Waals surface area contributed by atoms with E-state index in [0.29, 0.717) is 22.7 Å². The lowest BCUT2D eigenvalue weighted by molar-refractivity contribution is -0.144. The highest BCUT2D eigenvalue weighted by atomic mass is 32.1. The van der Waals surface area contributed by atoms with E-state index in [4.69, 9.17) is 21.0 Å². The normalized spacial score (nSPS) is 12.7. The molecule has 0 bridgehead atoms. The van der Waals surface area contributed by atoms with Crippen LogP contribution in [0, 0.1) is 11.3 Å². The molecule has 0 aliphatic carbocycles. The zero-order valence-corrected chi connectivity index (χ0v) is 21.0. The molecule has 0 saturated heterocycles. The molecule has 194 valence electrons. The number of hydrogen-bond acceptors (Lipinski definition) is 8. The van der Waals surface area contributed by atoms with Gasteiger partial charge < -0.3 is 26.0 Å². The van der Waals surface area contributed by atoms with Gasteiger partial charge in [-0.05, 0) is 55.8 Å². The first-order valence-corrected chi connectivity index (χ1v) is 11.9. The van der Waals surface area contributed by atoms with Crippen LogP contribution in [0.2, 0.25) is 0 Å². The average Bonchev–Trinajstić information content (AvgIpc) is 3.25. The molecule has 1 amide bonds. The highest BCUT2D eigenvalue weighted by molar-refractivity contribution is 7.13. The van der Waals surface area contributed by atoms with Crippen molar-refractivity contribution in [3.8, 4) is 5.75 Å². The Labute approximate surface area is 212 Å². The predicted octanol–water partition coefficient (Wildman–Crippen LogP) is 2.14. The molecule has 0 saturated carbocycles. The molecule has 2 aromatic rings. The van der Waals surface area contributed by atoms with Crippen LogP contribution in [0.1, 0.15) is 46.8 Å². The maximum Gasteiger partial charge on any atom is 0.353 e. The van der Waals surface area contributed by atoms with Crippen molar-refractivity contribution in [2.45, 2.75) is 45.3 Å². The van der Waals surface area contributed by atoms with Crippen LogP contribution < -0.4 is 15.8 Å². The molecule has 0 radical (unpaired) electrons. The largest absolute Gasteiger partial charge is 0.481 e. The van der Waals surface area contributed by atoms with Crippen LogP contribution in [0.25, 0.3) is 0 Å². The number of nitrogens with two attached hydrogens (primary N) is 1. The van der Waals surface area contributed by atoms with Gasteiger partial charge in [0.15, 0.2) is 0 Å². The van der Waals surface area contributed by atoms with Crippen LogP contribution >= 0.6 is 11.3 Å². The van der Waals surface area contributed by atoms with Crippen LogP contribution in [0.5, 0.6) is 5.75 Å².